The van der Waals surface area contributed by atoms with Gasteiger partial charge in [0, 0.05) is 32.2 Å². The Hall–Kier alpha value is -1.97. The first kappa shape index (κ1) is 19.4. The van der Waals surface area contributed by atoms with E-state index in [0.717, 1.165) is 36.8 Å². The van der Waals surface area contributed by atoms with Crippen LogP contribution in [0.4, 0.5) is 5.82 Å². The maximum atomic E-state index is 13.0. The number of carbonyl (C=O) groups excluding carboxylic acids is 1. The molecule has 0 aliphatic carbocycles. The standard InChI is InChI=1S/C19H24N4O3S2/c1-22-7-9-23(10-8-22)18-15(4-5-16(21-18)17-3-2-11-27-17)19(24)20-14-6-12-28(25,26)13-14/h2-5,11,14H,6-10,12-13H2,1H3,(H,20,24). The number of nitrogens with zero attached hydrogens (tertiary/aromatic N) is 3. The molecule has 4 rings (SSSR count). The number of hydrogen-bond acceptors (Lipinski definition) is 7. The van der Waals surface area contributed by atoms with E-state index < -0.39 is 9.84 Å². The Balaban J connectivity index is 1.62. The summed E-state index contributed by atoms with van der Waals surface area (Å²) in [5, 5.41) is 4.91. The summed E-state index contributed by atoms with van der Waals surface area (Å²) in [5.74, 6) is 0.584. The summed E-state index contributed by atoms with van der Waals surface area (Å²) in [6, 6.07) is 7.36. The lowest BCUT2D eigenvalue weighted by molar-refractivity contribution is 0.0941. The molecule has 1 atom stereocenters. The van der Waals surface area contributed by atoms with Crippen LogP contribution < -0.4 is 10.2 Å². The van der Waals surface area contributed by atoms with Crippen molar-refractivity contribution in [2.75, 3.05) is 49.6 Å². The molecule has 0 bridgehead atoms. The summed E-state index contributed by atoms with van der Waals surface area (Å²) in [5.41, 5.74) is 1.36. The van der Waals surface area contributed by atoms with Gasteiger partial charge in [-0.05, 0) is 37.0 Å². The molecular formula is C19H24N4O3S2. The maximum Gasteiger partial charge on any atom is 0.255 e. The second kappa shape index (κ2) is 7.81. The van der Waals surface area contributed by atoms with Crippen molar-refractivity contribution < 1.29 is 13.2 Å². The number of anilines is 1. The first-order chi connectivity index (χ1) is 13.4. The van der Waals surface area contributed by atoms with Crippen LogP contribution in [0.3, 0.4) is 0 Å². The summed E-state index contributed by atoms with van der Waals surface area (Å²) in [6.07, 6.45) is 0.471. The highest BCUT2D eigenvalue weighted by Crippen LogP contribution is 2.28. The van der Waals surface area contributed by atoms with Gasteiger partial charge < -0.3 is 15.1 Å². The van der Waals surface area contributed by atoms with E-state index in [-0.39, 0.29) is 23.5 Å². The van der Waals surface area contributed by atoms with Crippen LogP contribution in [0.5, 0.6) is 0 Å². The summed E-state index contributed by atoms with van der Waals surface area (Å²) in [4.78, 5) is 23.2. The van der Waals surface area contributed by atoms with E-state index in [1.165, 1.54) is 0 Å². The number of hydrogen-bond donors (Lipinski definition) is 1. The molecule has 2 aliphatic heterocycles. The number of sulfone groups is 1. The quantitative estimate of drug-likeness (QED) is 0.807. The molecule has 2 saturated heterocycles. The Labute approximate surface area is 169 Å². The third-order valence-corrected chi connectivity index (χ3v) is 7.92. The normalized spacial score (nSPS) is 22.3. The number of aromatic nitrogens is 1. The van der Waals surface area contributed by atoms with Gasteiger partial charge in [0.2, 0.25) is 0 Å². The fraction of sp³-hybridized carbons (Fsp3) is 0.474. The van der Waals surface area contributed by atoms with Crippen LogP contribution in [0.2, 0.25) is 0 Å². The van der Waals surface area contributed by atoms with Crippen LogP contribution in [0.1, 0.15) is 16.8 Å². The van der Waals surface area contributed by atoms with Crippen molar-refractivity contribution in [3.8, 4) is 10.6 Å². The van der Waals surface area contributed by atoms with Crippen LogP contribution in [0, 0.1) is 0 Å². The molecule has 7 nitrogen and oxygen atoms in total. The fourth-order valence-electron chi connectivity index (χ4n) is 3.62. The second-order valence-corrected chi connectivity index (χ2v) is 10.6. The lowest BCUT2D eigenvalue weighted by atomic mass is 10.1. The van der Waals surface area contributed by atoms with E-state index in [4.69, 9.17) is 4.98 Å². The maximum absolute atomic E-state index is 13.0. The molecule has 1 amide bonds. The van der Waals surface area contributed by atoms with Crippen LogP contribution in [0.15, 0.2) is 29.6 Å². The predicted molar refractivity (Wildman–Crippen MR) is 112 cm³/mol. The molecule has 2 fully saturated rings. The van der Waals surface area contributed by atoms with Gasteiger partial charge in [-0.1, -0.05) is 6.07 Å². The third-order valence-electron chi connectivity index (χ3n) is 5.26. The minimum atomic E-state index is -3.04. The van der Waals surface area contributed by atoms with Crippen LogP contribution >= 0.6 is 11.3 Å². The Bertz CT molecular complexity index is 952. The smallest absolute Gasteiger partial charge is 0.255 e. The zero-order valence-corrected chi connectivity index (χ0v) is 17.4. The molecular weight excluding hydrogens is 396 g/mol. The van der Waals surface area contributed by atoms with Gasteiger partial charge >= 0.3 is 0 Å². The fourth-order valence-corrected chi connectivity index (χ4v) is 5.99. The minimum Gasteiger partial charge on any atom is -0.353 e. The van der Waals surface area contributed by atoms with Crippen LogP contribution in [-0.4, -0.2) is 75.0 Å². The number of likely N-dealkylation sites (N-methyl/N-ethyl adjacent to an activating group) is 1. The SMILES string of the molecule is CN1CCN(c2nc(-c3cccs3)ccc2C(=O)NC2CCS(=O)(=O)C2)CC1. The van der Waals surface area contributed by atoms with Gasteiger partial charge in [0.25, 0.3) is 5.91 Å². The first-order valence-electron chi connectivity index (χ1n) is 9.41. The molecule has 4 heterocycles. The number of amides is 1. The zero-order valence-electron chi connectivity index (χ0n) is 15.8. The largest absolute Gasteiger partial charge is 0.353 e. The molecule has 28 heavy (non-hydrogen) atoms. The number of rotatable bonds is 4. The zero-order chi connectivity index (χ0) is 19.7. The molecule has 9 heteroatoms. The number of carbonyl (C=O) groups is 1. The van der Waals surface area contributed by atoms with Gasteiger partial charge in [-0.3, -0.25) is 4.79 Å². The average molecular weight is 421 g/mol. The lowest BCUT2D eigenvalue weighted by Crippen LogP contribution is -2.46. The lowest BCUT2D eigenvalue weighted by Gasteiger charge is -2.34. The molecule has 0 aromatic carbocycles. The Morgan fingerprint density at radius 1 is 1.21 bits per heavy atom. The van der Waals surface area contributed by atoms with E-state index in [0.29, 0.717) is 17.8 Å². The van der Waals surface area contributed by atoms with Crippen molar-refractivity contribution in [2.45, 2.75) is 12.5 Å². The molecule has 2 aromatic rings. The number of nitrogens with one attached hydrogen (secondary N) is 1. The number of pyridine rings is 1. The van der Waals surface area contributed by atoms with Crippen LogP contribution in [-0.2, 0) is 9.84 Å². The first-order valence-corrected chi connectivity index (χ1v) is 12.1. The van der Waals surface area contributed by atoms with Crippen molar-refractivity contribution in [2.24, 2.45) is 0 Å². The average Bonchev–Trinajstić information content (AvgIpc) is 3.31. The molecule has 0 spiro atoms. The topological polar surface area (TPSA) is 82.6 Å². The van der Waals surface area contributed by atoms with Gasteiger partial charge in [-0.15, -0.1) is 11.3 Å². The van der Waals surface area contributed by atoms with E-state index in [2.05, 4.69) is 22.2 Å². The summed E-state index contributed by atoms with van der Waals surface area (Å²) < 4.78 is 23.4. The second-order valence-electron chi connectivity index (χ2n) is 7.41. The molecule has 1 unspecified atom stereocenters. The van der Waals surface area contributed by atoms with E-state index in [1.54, 1.807) is 11.3 Å². The van der Waals surface area contributed by atoms with Gasteiger partial charge in [0.1, 0.15) is 5.82 Å². The Morgan fingerprint density at radius 3 is 2.64 bits per heavy atom. The van der Waals surface area contributed by atoms with Crippen molar-refractivity contribution >= 4 is 32.9 Å². The van der Waals surface area contributed by atoms with Crippen molar-refractivity contribution in [3.05, 3.63) is 35.2 Å². The van der Waals surface area contributed by atoms with Gasteiger partial charge in [0.15, 0.2) is 9.84 Å². The Morgan fingerprint density at radius 2 is 2.00 bits per heavy atom. The van der Waals surface area contributed by atoms with Crippen molar-refractivity contribution in [3.63, 3.8) is 0 Å². The van der Waals surface area contributed by atoms with E-state index in [1.807, 2.05) is 29.6 Å². The van der Waals surface area contributed by atoms with Crippen molar-refractivity contribution in [1.82, 2.24) is 15.2 Å². The summed E-state index contributed by atoms with van der Waals surface area (Å²) >= 11 is 1.62. The number of thiophene rings is 1. The van der Waals surface area contributed by atoms with Gasteiger partial charge in [-0.25, -0.2) is 13.4 Å². The highest BCUT2D eigenvalue weighted by atomic mass is 32.2. The molecule has 0 saturated carbocycles. The van der Waals surface area contributed by atoms with Crippen LogP contribution in [0.25, 0.3) is 10.6 Å². The number of piperazine rings is 1. The highest BCUT2D eigenvalue weighted by Gasteiger charge is 2.30. The van der Waals surface area contributed by atoms with Gasteiger partial charge in [-0.2, -0.15) is 0 Å². The molecule has 2 aliphatic rings. The molecule has 150 valence electrons. The predicted octanol–water partition coefficient (Wildman–Crippen LogP) is 1.48. The third kappa shape index (κ3) is 4.21. The minimum absolute atomic E-state index is 0.0172. The summed E-state index contributed by atoms with van der Waals surface area (Å²) in [7, 11) is -0.957. The van der Waals surface area contributed by atoms with E-state index in [9.17, 15) is 13.2 Å². The molecule has 0 radical (unpaired) electrons. The van der Waals surface area contributed by atoms with Gasteiger partial charge in [0.05, 0.1) is 27.6 Å². The molecule has 2 aromatic heterocycles. The van der Waals surface area contributed by atoms with E-state index >= 15 is 0 Å². The molecule has 1 N–H and O–H groups in total. The van der Waals surface area contributed by atoms with Crippen molar-refractivity contribution in [1.29, 1.82) is 0 Å². The highest BCUT2D eigenvalue weighted by molar-refractivity contribution is 7.91. The summed E-state index contributed by atoms with van der Waals surface area (Å²) in [6.45, 7) is 3.42. The monoisotopic (exact) mass is 420 g/mol. The Kier molecular flexibility index (Phi) is 5.39.